The topological polar surface area (TPSA) is 57.2 Å². The first-order valence-corrected chi connectivity index (χ1v) is 3.97. The van der Waals surface area contributed by atoms with Crippen LogP contribution >= 0.6 is 0 Å². The summed E-state index contributed by atoms with van der Waals surface area (Å²) in [4.78, 5) is 13.8. The number of benzene rings is 1. The van der Waals surface area contributed by atoms with Crippen molar-refractivity contribution >= 4 is 16.7 Å². The SMILES string of the molecule is NC(=O)c1ccc2c[nH+]ccc2c1. The van der Waals surface area contributed by atoms with E-state index in [1.807, 2.05) is 24.5 Å². The molecule has 2 rings (SSSR count). The van der Waals surface area contributed by atoms with Crippen molar-refractivity contribution in [2.45, 2.75) is 0 Å². The van der Waals surface area contributed by atoms with Crippen LogP contribution in [0.2, 0.25) is 0 Å². The summed E-state index contributed by atoms with van der Waals surface area (Å²) >= 11 is 0. The van der Waals surface area contributed by atoms with Gasteiger partial charge in [-0.25, -0.2) is 4.98 Å². The van der Waals surface area contributed by atoms with Crippen molar-refractivity contribution in [2.24, 2.45) is 5.73 Å². The zero-order valence-electron chi connectivity index (χ0n) is 6.95. The van der Waals surface area contributed by atoms with Gasteiger partial charge in [-0.05, 0) is 23.6 Å². The number of carbonyl (C=O) groups is 1. The Morgan fingerprint density at radius 2 is 2.08 bits per heavy atom. The first-order chi connectivity index (χ1) is 6.27. The minimum Gasteiger partial charge on any atom is -0.366 e. The van der Waals surface area contributed by atoms with Crippen LogP contribution in [0.5, 0.6) is 0 Å². The Morgan fingerprint density at radius 1 is 1.23 bits per heavy atom. The van der Waals surface area contributed by atoms with Gasteiger partial charge in [0.2, 0.25) is 5.91 Å². The summed E-state index contributed by atoms with van der Waals surface area (Å²) in [7, 11) is 0. The summed E-state index contributed by atoms with van der Waals surface area (Å²) in [5.41, 5.74) is 5.70. The van der Waals surface area contributed by atoms with E-state index in [1.54, 1.807) is 12.1 Å². The van der Waals surface area contributed by atoms with Crippen molar-refractivity contribution in [3.05, 3.63) is 42.2 Å². The van der Waals surface area contributed by atoms with Crippen LogP contribution in [0.15, 0.2) is 36.7 Å². The molecule has 1 aromatic carbocycles. The highest BCUT2D eigenvalue weighted by Crippen LogP contribution is 2.12. The Balaban J connectivity index is 2.69. The minimum atomic E-state index is -0.394. The smallest absolute Gasteiger partial charge is 0.248 e. The van der Waals surface area contributed by atoms with Crippen molar-refractivity contribution in [1.82, 2.24) is 0 Å². The lowest BCUT2D eigenvalue weighted by Crippen LogP contribution is -2.10. The number of carbonyl (C=O) groups excluding carboxylic acids is 1. The van der Waals surface area contributed by atoms with E-state index in [1.165, 1.54) is 0 Å². The van der Waals surface area contributed by atoms with Gasteiger partial charge >= 0.3 is 0 Å². The lowest BCUT2D eigenvalue weighted by molar-refractivity contribution is -0.375. The van der Waals surface area contributed by atoms with Gasteiger partial charge in [-0.15, -0.1) is 0 Å². The number of fused-ring (bicyclic) bond motifs is 1. The van der Waals surface area contributed by atoms with E-state index in [0.29, 0.717) is 5.56 Å². The molecule has 3 heteroatoms. The summed E-state index contributed by atoms with van der Waals surface area (Å²) in [5.74, 6) is -0.394. The fraction of sp³-hybridized carbons (Fsp3) is 0. The van der Waals surface area contributed by atoms with Gasteiger partial charge in [-0.2, -0.15) is 0 Å². The molecule has 1 heterocycles. The van der Waals surface area contributed by atoms with Gasteiger partial charge < -0.3 is 5.73 Å². The standard InChI is InChI=1S/C10H8N2O/c11-10(13)8-1-2-9-6-12-4-3-7(9)5-8/h1-6H,(H2,11,13)/p+1. The highest BCUT2D eigenvalue weighted by Gasteiger charge is 2.01. The average Bonchev–Trinajstić information content (AvgIpc) is 2.17. The van der Waals surface area contributed by atoms with E-state index in [2.05, 4.69) is 4.98 Å². The molecule has 3 N–H and O–H groups in total. The zero-order valence-corrected chi connectivity index (χ0v) is 6.95. The second kappa shape index (κ2) is 2.86. The van der Waals surface area contributed by atoms with Crippen LogP contribution in [0.1, 0.15) is 10.4 Å². The number of H-pyrrole nitrogens is 1. The highest BCUT2D eigenvalue weighted by atomic mass is 16.1. The summed E-state index contributed by atoms with van der Waals surface area (Å²) < 4.78 is 0. The molecule has 13 heavy (non-hydrogen) atoms. The number of aromatic amines is 1. The third-order valence-corrected chi connectivity index (χ3v) is 1.97. The normalized spacial score (nSPS) is 10.2. The lowest BCUT2D eigenvalue weighted by atomic mass is 10.1. The number of rotatable bonds is 1. The summed E-state index contributed by atoms with van der Waals surface area (Å²) in [6.07, 6.45) is 3.69. The molecular weight excluding hydrogens is 164 g/mol. The Kier molecular flexibility index (Phi) is 1.70. The Hall–Kier alpha value is -1.90. The molecule has 0 aliphatic heterocycles. The molecule has 2 aromatic rings. The van der Waals surface area contributed by atoms with Gasteiger partial charge in [0.05, 0.1) is 0 Å². The maximum absolute atomic E-state index is 10.9. The fourth-order valence-corrected chi connectivity index (χ4v) is 1.28. The number of hydrogen-bond acceptors (Lipinski definition) is 1. The molecule has 0 saturated heterocycles. The van der Waals surface area contributed by atoms with Gasteiger partial charge in [0.15, 0.2) is 12.4 Å². The Morgan fingerprint density at radius 3 is 2.85 bits per heavy atom. The van der Waals surface area contributed by atoms with Crippen LogP contribution < -0.4 is 10.7 Å². The van der Waals surface area contributed by atoms with E-state index in [0.717, 1.165) is 10.8 Å². The number of primary amides is 1. The van der Waals surface area contributed by atoms with Gasteiger partial charge in [0, 0.05) is 17.0 Å². The first kappa shape index (κ1) is 7.73. The fourth-order valence-electron chi connectivity index (χ4n) is 1.28. The highest BCUT2D eigenvalue weighted by molar-refractivity contribution is 5.97. The molecule has 0 atom stereocenters. The maximum Gasteiger partial charge on any atom is 0.248 e. The van der Waals surface area contributed by atoms with Crippen molar-refractivity contribution in [3.63, 3.8) is 0 Å². The molecule has 0 aliphatic carbocycles. The molecule has 0 spiro atoms. The van der Waals surface area contributed by atoms with Crippen molar-refractivity contribution in [3.8, 4) is 0 Å². The number of aromatic nitrogens is 1. The second-order valence-electron chi connectivity index (χ2n) is 2.85. The molecular formula is C10H9N2O+. The molecule has 1 aromatic heterocycles. The van der Waals surface area contributed by atoms with E-state index in [9.17, 15) is 4.79 Å². The number of hydrogen-bond donors (Lipinski definition) is 1. The molecule has 0 unspecified atom stereocenters. The van der Waals surface area contributed by atoms with Gasteiger partial charge in [-0.1, -0.05) is 0 Å². The van der Waals surface area contributed by atoms with Crippen molar-refractivity contribution in [2.75, 3.05) is 0 Å². The molecule has 0 radical (unpaired) electrons. The average molecular weight is 173 g/mol. The third kappa shape index (κ3) is 1.36. The van der Waals surface area contributed by atoms with Crippen LogP contribution in [0.25, 0.3) is 10.8 Å². The first-order valence-electron chi connectivity index (χ1n) is 3.97. The van der Waals surface area contributed by atoms with Crippen LogP contribution in [-0.2, 0) is 0 Å². The van der Waals surface area contributed by atoms with Gasteiger partial charge in [0.25, 0.3) is 0 Å². The van der Waals surface area contributed by atoms with E-state index >= 15 is 0 Å². The molecule has 0 bridgehead atoms. The predicted molar refractivity (Wildman–Crippen MR) is 49.0 cm³/mol. The molecule has 3 nitrogen and oxygen atoms in total. The van der Waals surface area contributed by atoms with Crippen molar-refractivity contribution < 1.29 is 9.78 Å². The minimum absolute atomic E-state index is 0.394. The van der Waals surface area contributed by atoms with Gasteiger partial charge in [0.1, 0.15) is 0 Å². The Bertz CT molecular complexity index is 465. The number of nitrogens with one attached hydrogen (secondary N) is 1. The third-order valence-electron chi connectivity index (χ3n) is 1.97. The molecule has 64 valence electrons. The quantitative estimate of drug-likeness (QED) is 0.679. The van der Waals surface area contributed by atoms with E-state index < -0.39 is 5.91 Å². The van der Waals surface area contributed by atoms with Crippen LogP contribution in [0.3, 0.4) is 0 Å². The summed E-state index contributed by atoms with van der Waals surface area (Å²) in [6, 6.07) is 7.28. The van der Waals surface area contributed by atoms with Crippen LogP contribution in [0, 0.1) is 0 Å². The molecule has 0 fully saturated rings. The Labute approximate surface area is 75.2 Å². The van der Waals surface area contributed by atoms with Crippen LogP contribution in [0.4, 0.5) is 0 Å². The predicted octanol–water partition coefficient (Wildman–Crippen LogP) is 0.753. The largest absolute Gasteiger partial charge is 0.366 e. The van der Waals surface area contributed by atoms with Gasteiger partial charge in [-0.3, -0.25) is 4.79 Å². The maximum atomic E-state index is 10.9. The van der Waals surface area contributed by atoms with E-state index in [-0.39, 0.29) is 0 Å². The summed E-state index contributed by atoms with van der Waals surface area (Å²) in [6.45, 7) is 0. The molecule has 0 aliphatic rings. The summed E-state index contributed by atoms with van der Waals surface area (Å²) in [5, 5.41) is 2.07. The monoisotopic (exact) mass is 173 g/mol. The zero-order chi connectivity index (χ0) is 9.26. The molecule has 1 amide bonds. The van der Waals surface area contributed by atoms with Crippen molar-refractivity contribution in [1.29, 1.82) is 0 Å². The lowest BCUT2D eigenvalue weighted by Gasteiger charge is -1.96. The number of pyridine rings is 1. The number of amides is 1. The second-order valence-corrected chi connectivity index (χ2v) is 2.85. The van der Waals surface area contributed by atoms with Crippen LogP contribution in [-0.4, -0.2) is 5.91 Å². The molecule has 0 saturated carbocycles. The number of nitrogens with two attached hydrogens (primary N) is 1. The van der Waals surface area contributed by atoms with E-state index in [4.69, 9.17) is 5.73 Å².